The number of nitrogens with zero attached hydrogens (tertiary/aromatic N) is 1. The molecule has 0 bridgehead atoms. The molecule has 0 aliphatic rings. The first kappa shape index (κ1) is 45.7. The Bertz CT molecular complexity index is 853. The van der Waals surface area contributed by atoms with Gasteiger partial charge in [-0.1, -0.05) is 127 Å². The first-order valence-corrected chi connectivity index (χ1v) is 20.2. The van der Waals surface area contributed by atoms with Crippen molar-refractivity contribution in [3.05, 3.63) is 36.5 Å². The highest BCUT2D eigenvalue weighted by atomic mass is 31.2. The molecule has 0 saturated carbocycles. The molecule has 8 nitrogen and oxygen atoms in total. The maximum absolute atomic E-state index is 12.6. The number of carbonyl (C=O) groups excluding carboxylic acids is 1. The van der Waals surface area contributed by atoms with Gasteiger partial charge in [0.25, 0.3) is 7.82 Å². The fraction of sp³-hybridized carbons (Fsp3) is 0.816. The topological polar surface area (TPSA) is 94.1 Å². The van der Waals surface area contributed by atoms with Gasteiger partial charge in [0, 0.05) is 13.0 Å². The predicted molar refractivity (Wildman–Crippen MR) is 194 cm³/mol. The summed E-state index contributed by atoms with van der Waals surface area (Å²) in [6, 6.07) is 0. The number of phosphoric ester groups is 1. The van der Waals surface area contributed by atoms with E-state index in [0.717, 1.165) is 57.8 Å². The molecule has 2 unspecified atom stereocenters. The number of allylic oxidation sites excluding steroid dienone is 6. The van der Waals surface area contributed by atoms with E-state index in [4.69, 9.17) is 18.5 Å². The average molecular weight is 686 g/mol. The van der Waals surface area contributed by atoms with Crippen LogP contribution in [0.5, 0.6) is 0 Å². The Morgan fingerprint density at radius 1 is 0.681 bits per heavy atom. The Morgan fingerprint density at radius 2 is 1.23 bits per heavy atom. The van der Waals surface area contributed by atoms with E-state index in [1.54, 1.807) is 0 Å². The minimum atomic E-state index is -4.52. The third-order valence-electron chi connectivity index (χ3n) is 7.71. The lowest BCUT2D eigenvalue weighted by Crippen LogP contribution is -2.37. The molecule has 0 saturated heterocycles. The zero-order valence-corrected chi connectivity index (χ0v) is 31.9. The lowest BCUT2D eigenvalue weighted by Gasteiger charge is -2.28. The number of hydrogen-bond acceptors (Lipinski definition) is 7. The Hall–Kier alpha value is -1.28. The molecule has 0 aromatic carbocycles. The maximum Gasteiger partial charge on any atom is 0.306 e. The fourth-order valence-electron chi connectivity index (χ4n) is 4.79. The molecular formula is C38H72NO7P. The van der Waals surface area contributed by atoms with Crippen molar-refractivity contribution in [3.63, 3.8) is 0 Å². The average Bonchev–Trinajstić information content (AvgIpc) is 3.01. The fourth-order valence-corrected chi connectivity index (χ4v) is 5.52. The molecule has 0 radical (unpaired) electrons. The molecule has 0 aromatic rings. The lowest BCUT2D eigenvalue weighted by molar-refractivity contribution is -0.870. The maximum atomic E-state index is 12.6. The number of quaternary nitrogens is 1. The Balaban J connectivity index is 4.37. The third-order valence-corrected chi connectivity index (χ3v) is 8.67. The van der Waals surface area contributed by atoms with E-state index < -0.39 is 13.9 Å². The number of carbonyl (C=O) groups is 1. The van der Waals surface area contributed by atoms with Crippen LogP contribution in [0.25, 0.3) is 0 Å². The first-order valence-electron chi connectivity index (χ1n) is 18.7. The molecular weight excluding hydrogens is 613 g/mol. The number of ether oxygens (including phenoxy) is 2. The van der Waals surface area contributed by atoms with Crippen molar-refractivity contribution in [1.29, 1.82) is 0 Å². The zero-order valence-electron chi connectivity index (χ0n) is 31.0. The Labute approximate surface area is 289 Å². The minimum Gasteiger partial charge on any atom is -0.756 e. The largest absolute Gasteiger partial charge is 0.756 e. The van der Waals surface area contributed by atoms with Gasteiger partial charge in [0.2, 0.25) is 0 Å². The van der Waals surface area contributed by atoms with Crippen LogP contribution in [-0.2, 0) is 27.9 Å². The van der Waals surface area contributed by atoms with Crippen molar-refractivity contribution in [2.75, 3.05) is 54.1 Å². The molecule has 0 fully saturated rings. The molecule has 0 spiro atoms. The minimum absolute atomic E-state index is 0.0206. The van der Waals surface area contributed by atoms with Crippen LogP contribution in [-0.4, -0.2) is 70.7 Å². The van der Waals surface area contributed by atoms with Crippen molar-refractivity contribution >= 4 is 13.8 Å². The van der Waals surface area contributed by atoms with E-state index >= 15 is 0 Å². The van der Waals surface area contributed by atoms with Gasteiger partial charge in [-0.05, 0) is 44.9 Å². The number of likely N-dealkylation sites (N-methyl/N-ethyl adjacent to an activating group) is 1. The van der Waals surface area contributed by atoms with Crippen LogP contribution >= 0.6 is 7.82 Å². The monoisotopic (exact) mass is 686 g/mol. The molecule has 2 atom stereocenters. The van der Waals surface area contributed by atoms with Gasteiger partial charge in [0.05, 0.1) is 34.4 Å². The molecule has 0 aliphatic heterocycles. The Morgan fingerprint density at radius 3 is 1.83 bits per heavy atom. The quantitative estimate of drug-likeness (QED) is 0.0219. The zero-order chi connectivity index (χ0) is 34.9. The third kappa shape index (κ3) is 35.8. The van der Waals surface area contributed by atoms with Gasteiger partial charge in [-0.25, -0.2) is 0 Å². The molecule has 0 aromatic heterocycles. The van der Waals surface area contributed by atoms with E-state index in [9.17, 15) is 14.3 Å². The molecule has 0 heterocycles. The summed E-state index contributed by atoms with van der Waals surface area (Å²) < 4.78 is 34.4. The molecule has 0 amide bonds. The van der Waals surface area contributed by atoms with Crippen LogP contribution in [0.4, 0.5) is 0 Å². The lowest BCUT2D eigenvalue weighted by atomic mass is 10.1. The SMILES string of the molecule is CC/C=C\C/C=C\C/C=C\CCCCCC(=O)OC(COCCCCCCCCCCCCCC)COP(=O)([O-])OCC[N+](C)(C)C. The molecule has 0 N–H and O–H groups in total. The van der Waals surface area contributed by atoms with Crippen LogP contribution in [0.15, 0.2) is 36.5 Å². The molecule has 0 aliphatic carbocycles. The van der Waals surface area contributed by atoms with Crippen LogP contribution in [0.1, 0.15) is 142 Å². The first-order chi connectivity index (χ1) is 22.6. The van der Waals surface area contributed by atoms with Crippen molar-refractivity contribution in [1.82, 2.24) is 0 Å². The highest BCUT2D eigenvalue weighted by molar-refractivity contribution is 7.45. The van der Waals surface area contributed by atoms with Crippen LogP contribution in [0.2, 0.25) is 0 Å². The van der Waals surface area contributed by atoms with Gasteiger partial charge in [-0.15, -0.1) is 0 Å². The summed E-state index contributed by atoms with van der Waals surface area (Å²) >= 11 is 0. The van der Waals surface area contributed by atoms with Crippen molar-refractivity contribution in [3.8, 4) is 0 Å². The van der Waals surface area contributed by atoms with E-state index in [-0.39, 0.29) is 32.2 Å². The molecule has 0 rings (SSSR count). The van der Waals surface area contributed by atoms with Crippen molar-refractivity contribution in [2.45, 2.75) is 148 Å². The van der Waals surface area contributed by atoms with E-state index in [2.05, 4.69) is 50.3 Å². The number of unbranched alkanes of at least 4 members (excludes halogenated alkanes) is 14. The molecule has 276 valence electrons. The summed E-state index contributed by atoms with van der Waals surface area (Å²) in [5.74, 6) is -0.364. The summed E-state index contributed by atoms with van der Waals surface area (Å²) in [6.07, 6.45) is 34.4. The predicted octanol–water partition coefficient (Wildman–Crippen LogP) is 9.63. The molecule has 47 heavy (non-hydrogen) atoms. The summed E-state index contributed by atoms with van der Waals surface area (Å²) in [4.78, 5) is 24.9. The van der Waals surface area contributed by atoms with Gasteiger partial charge in [-0.2, -0.15) is 0 Å². The van der Waals surface area contributed by atoms with E-state index in [1.165, 1.54) is 64.2 Å². The summed E-state index contributed by atoms with van der Waals surface area (Å²) in [5, 5.41) is 0. The summed E-state index contributed by atoms with van der Waals surface area (Å²) in [6.45, 7) is 5.24. The van der Waals surface area contributed by atoms with Gasteiger partial charge in [0.15, 0.2) is 0 Å². The van der Waals surface area contributed by atoms with Gasteiger partial charge < -0.3 is 27.9 Å². The highest BCUT2D eigenvalue weighted by Gasteiger charge is 2.20. The van der Waals surface area contributed by atoms with Gasteiger partial charge in [-0.3, -0.25) is 9.36 Å². The van der Waals surface area contributed by atoms with Crippen molar-refractivity contribution < 1.29 is 37.3 Å². The van der Waals surface area contributed by atoms with Crippen LogP contribution in [0.3, 0.4) is 0 Å². The second-order valence-electron chi connectivity index (χ2n) is 13.6. The van der Waals surface area contributed by atoms with Crippen LogP contribution in [0, 0.1) is 0 Å². The number of esters is 1. The number of phosphoric acid groups is 1. The second kappa shape index (κ2) is 32.0. The van der Waals surface area contributed by atoms with Crippen LogP contribution < -0.4 is 4.89 Å². The Kier molecular flexibility index (Phi) is 31.1. The number of hydrogen-bond donors (Lipinski definition) is 0. The van der Waals surface area contributed by atoms with Gasteiger partial charge >= 0.3 is 5.97 Å². The van der Waals surface area contributed by atoms with Gasteiger partial charge in [0.1, 0.15) is 19.3 Å². The standard InChI is InChI=1S/C38H72NO7P/c1-6-8-10-12-14-16-18-20-21-23-25-27-29-31-38(40)46-37(36-45-47(41,42)44-34-32-39(3,4)5)35-43-33-30-28-26-24-22-19-17-15-13-11-9-7-2/h8,10,14,16,20-21,37H,6-7,9,11-13,15,17-19,22-36H2,1-5H3/b10-8-,16-14-,21-20-. The summed E-state index contributed by atoms with van der Waals surface area (Å²) in [7, 11) is 1.33. The number of rotatable bonds is 34. The summed E-state index contributed by atoms with van der Waals surface area (Å²) in [5.41, 5.74) is 0. The van der Waals surface area contributed by atoms with E-state index in [0.29, 0.717) is 17.6 Å². The smallest absolute Gasteiger partial charge is 0.306 e. The van der Waals surface area contributed by atoms with E-state index in [1.807, 2.05) is 21.1 Å². The molecule has 9 heteroatoms. The normalized spacial score (nSPS) is 14.4. The highest BCUT2D eigenvalue weighted by Crippen LogP contribution is 2.38. The second-order valence-corrected chi connectivity index (χ2v) is 15.0. The van der Waals surface area contributed by atoms with Crippen molar-refractivity contribution in [2.24, 2.45) is 0 Å².